The van der Waals surface area contributed by atoms with Crippen molar-refractivity contribution in [1.29, 1.82) is 0 Å². The molecule has 2 aromatic rings. The molecule has 2 rings (SSSR count). The average molecular weight is 462 g/mol. The molecule has 29 heavy (non-hydrogen) atoms. The van der Waals surface area contributed by atoms with Crippen LogP contribution in [0.2, 0.25) is 0 Å². The molecule has 0 aliphatic rings. The van der Waals surface area contributed by atoms with Gasteiger partial charge in [-0.3, -0.25) is 4.79 Å². The van der Waals surface area contributed by atoms with Crippen molar-refractivity contribution in [3.05, 3.63) is 40.8 Å². The van der Waals surface area contributed by atoms with E-state index in [0.29, 0.717) is 18.0 Å². The molecule has 0 bridgehead atoms. The first-order valence-corrected chi connectivity index (χ1v) is 12.4. The van der Waals surface area contributed by atoms with Gasteiger partial charge in [-0.05, 0) is 30.3 Å². The van der Waals surface area contributed by atoms with Gasteiger partial charge in [-0.2, -0.15) is 4.31 Å². The maximum atomic E-state index is 12.7. The third-order valence-electron chi connectivity index (χ3n) is 4.10. The molecule has 160 valence electrons. The Kier molecular flexibility index (Phi) is 7.40. The van der Waals surface area contributed by atoms with Gasteiger partial charge in [0.25, 0.3) is 5.91 Å². The average Bonchev–Trinajstić information content (AvgIpc) is 3.16. The van der Waals surface area contributed by atoms with Crippen molar-refractivity contribution in [3.8, 4) is 5.75 Å². The zero-order valence-corrected chi connectivity index (χ0v) is 18.7. The molecule has 0 aliphatic heterocycles. The summed E-state index contributed by atoms with van der Waals surface area (Å²) in [5.41, 5.74) is 0.0592. The van der Waals surface area contributed by atoms with E-state index in [4.69, 9.17) is 9.88 Å². The lowest BCUT2D eigenvalue weighted by molar-refractivity contribution is 0.0948. The number of sulfonamides is 2. The number of methoxy groups -OCH3 is 1. The number of ether oxygens (including phenoxy) is 1. The van der Waals surface area contributed by atoms with Gasteiger partial charge in [0.2, 0.25) is 20.0 Å². The monoisotopic (exact) mass is 461 g/mol. The second-order valence-electron chi connectivity index (χ2n) is 5.90. The van der Waals surface area contributed by atoms with E-state index in [1.54, 1.807) is 19.9 Å². The van der Waals surface area contributed by atoms with Gasteiger partial charge in [0.1, 0.15) is 9.96 Å². The van der Waals surface area contributed by atoms with Gasteiger partial charge in [0, 0.05) is 18.0 Å². The fourth-order valence-corrected chi connectivity index (χ4v) is 5.81. The lowest BCUT2D eigenvalue weighted by atomic mass is 10.2. The summed E-state index contributed by atoms with van der Waals surface area (Å²) in [5, 5.41) is 7.72. The van der Waals surface area contributed by atoms with E-state index in [1.165, 1.54) is 35.7 Å². The van der Waals surface area contributed by atoms with Gasteiger partial charge in [-0.1, -0.05) is 13.8 Å². The Labute approximate surface area is 174 Å². The number of carbonyl (C=O) groups is 1. The molecule has 1 aromatic heterocycles. The summed E-state index contributed by atoms with van der Waals surface area (Å²) in [6.45, 7) is 4.12. The fraction of sp³-hybridized carbons (Fsp3) is 0.353. The first kappa shape index (κ1) is 23.3. The van der Waals surface area contributed by atoms with Crippen molar-refractivity contribution in [2.24, 2.45) is 5.14 Å². The van der Waals surface area contributed by atoms with E-state index in [2.05, 4.69) is 5.32 Å². The lowest BCUT2D eigenvalue weighted by Crippen LogP contribution is -2.31. The zero-order chi connectivity index (χ0) is 21.8. The standard InChI is InChI=1S/C17H23N3O6S3/c1-4-20(5-2)29(24,25)13-7-8-15(26-3)14(10-13)17(21)19-11-12-6-9-16(27-12)28(18,22)23/h6-10H,4-5,11H2,1-3H3,(H,19,21)(H2,18,22,23). The van der Waals surface area contributed by atoms with Crippen molar-refractivity contribution in [1.82, 2.24) is 9.62 Å². The number of amides is 1. The van der Waals surface area contributed by atoms with Gasteiger partial charge < -0.3 is 10.1 Å². The number of rotatable bonds is 9. The number of nitrogens with one attached hydrogen (secondary N) is 1. The van der Waals surface area contributed by atoms with Crippen molar-refractivity contribution in [3.63, 3.8) is 0 Å². The Balaban J connectivity index is 2.28. The second-order valence-corrected chi connectivity index (χ2v) is 10.8. The molecule has 1 heterocycles. The molecule has 0 fully saturated rings. The number of hydrogen-bond donors (Lipinski definition) is 2. The normalized spacial score (nSPS) is 12.2. The highest BCUT2D eigenvalue weighted by molar-refractivity contribution is 7.91. The molecule has 12 heteroatoms. The number of nitrogens with zero attached hydrogens (tertiary/aromatic N) is 1. The SMILES string of the molecule is CCN(CC)S(=O)(=O)c1ccc(OC)c(C(=O)NCc2ccc(S(N)(=O)=O)s2)c1. The number of primary sulfonamides is 1. The van der Waals surface area contributed by atoms with Crippen LogP contribution in [0.4, 0.5) is 0 Å². The van der Waals surface area contributed by atoms with E-state index in [0.717, 1.165) is 11.3 Å². The third-order valence-corrected chi connectivity index (χ3v) is 8.67. The molecule has 0 aliphatic carbocycles. The molecule has 1 aromatic carbocycles. The molecular formula is C17H23N3O6S3. The molecule has 0 saturated heterocycles. The number of nitrogens with two attached hydrogens (primary N) is 1. The van der Waals surface area contributed by atoms with Crippen LogP contribution in [0.1, 0.15) is 29.1 Å². The smallest absolute Gasteiger partial charge is 0.255 e. The summed E-state index contributed by atoms with van der Waals surface area (Å²) in [4.78, 5) is 13.2. The Hall–Kier alpha value is -1.99. The van der Waals surface area contributed by atoms with Crippen LogP contribution in [-0.4, -0.2) is 47.2 Å². The Morgan fingerprint density at radius 2 is 1.79 bits per heavy atom. The summed E-state index contributed by atoms with van der Waals surface area (Å²) in [6.07, 6.45) is 0. The Morgan fingerprint density at radius 3 is 2.31 bits per heavy atom. The molecule has 0 spiro atoms. The van der Waals surface area contributed by atoms with Crippen LogP contribution in [0.25, 0.3) is 0 Å². The molecule has 0 radical (unpaired) electrons. The first-order chi connectivity index (χ1) is 13.5. The van der Waals surface area contributed by atoms with Crippen LogP contribution in [0.15, 0.2) is 39.4 Å². The maximum absolute atomic E-state index is 12.7. The molecule has 3 N–H and O–H groups in total. The quantitative estimate of drug-likeness (QED) is 0.579. The van der Waals surface area contributed by atoms with Crippen LogP contribution in [-0.2, 0) is 26.6 Å². The van der Waals surface area contributed by atoms with Gasteiger partial charge in [-0.15, -0.1) is 11.3 Å². The van der Waals surface area contributed by atoms with Crippen LogP contribution < -0.4 is 15.2 Å². The van der Waals surface area contributed by atoms with E-state index >= 15 is 0 Å². The van der Waals surface area contributed by atoms with Crippen molar-refractivity contribution in [2.45, 2.75) is 29.5 Å². The van der Waals surface area contributed by atoms with Crippen molar-refractivity contribution >= 4 is 37.3 Å². The van der Waals surface area contributed by atoms with Gasteiger partial charge >= 0.3 is 0 Å². The number of carbonyl (C=O) groups excluding carboxylic acids is 1. The van der Waals surface area contributed by atoms with E-state index in [-0.39, 0.29) is 27.0 Å². The molecular weight excluding hydrogens is 438 g/mol. The second kappa shape index (κ2) is 9.22. The number of hydrogen-bond acceptors (Lipinski definition) is 7. The molecule has 0 unspecified atom stereocenters. The maximum Gasteiger partial charge on any atom is 0.255 e. The first-order valence-electron chi connectivity index (χ1n) is 8.62. The largest absolute Gasteiger partial charge is 0.496 e. The topological polar surface area (TPSA) is 136 Å². The fourth-order valence-electron chi connectivity index (χ4n) is 2.61. The lowest BCUT2D eigenvalue weighted by Gasteiger charge is -2.19. The zero-order valence-electron chi connectivity index (χ0n) is 16.2. The van der Waals surface area contributed by atoms with E-state index in [9.17, 15) is 21.6 Å². The minimum atomic E-state index is -3.80. The van der Waals surface area contributed by atoms with Gasteiger partial charge in [0.15, 0.2) is 0 Å². The summed E-state index contributed by atoms with van der Waals surface area (Å²) in [6, 6.07) is 6.99. The molecule has 0 saturated carbocycles. The van der Waals surface area contributed by atoms with Crippen LogP contribution in [0.3, 0.4) is 0 Å². The Bertz CT molecular complexity index is 1090. The van der Waals surface area contributed by atoms with Gasteiger partial charge in [0.05, 0.1) is 24.1 Å². The molecule has 0 atom stereocenters. The van der Waals surface area contributed by atoms with Crippen LogP contribution in [0, 0.1) is 0 Å². The Morgan fingerprint density at radius 1 is 1.14 bits per heavy atom. The predicted octanol–water partition coefficient (Wildman–Crippen LogP) is 1.36. The molecule has 9 nitrogen and oxygen atoms in total. The summed E-state index contributed by atoms with van der Waals surface area (Å²) >= 11 is 0.943. The van der Waals surface area contributed by atoms with Crippen LogP contribution >= 0.6 is 11.3 Å². The highest BCUT2D eigenvalue weighted by atomic mass is 32.2. The highest BCUT2D eigenvalue weighted by Crippen LogP contribution is 2.25. The van der Waals surface area contributed by atoms with Crippen molar-refractivity contribution < 1.29 is 26.4 Å². The van der Waals surface area contributed by atoms with Crippen molar-refractivity contribution in [2.75, 3.05) is 20.2 Å². The predicted molar refractivity (Wildman–Crippen MR) is 110 cm³/mol. The minimum Gasteiger partial charge on any atom is -0.496 e. The number of thiophene rings is 1. The van der Waals surface area contributed by atoms with E-state index in [1.807, 2.05) is 0 Å². The third kappa shape index (κ3) is 5.34. The van der Waals surface area contributed by atoms with Gasteiger partial charge in [-0.25, -0.2) is 22.0 Å². The molecule has 1 amide bonds. The summed E-state index contributed by atoms with van der Waals surface area (Å²) < 4.78 is 54.6. The van der Waals surface area contributed by atoms with Crippen LogP contribution in [0.5, 0.6) is 5.75 Å². The summed E-state index contributed by atoms with van der Waals surface area (Å²) in [7, 11) is -6.17. The summed E-state index contributed by atoms with van der Waals surface area (Å²) in [5.74, 6) is -0.332. The highest BCUT2D eigenvalue weighted by Gasteiger charge is 2.24. The van der Waals surface area contributed by atoms with E-state index < -0.39 is 26.0 Å². The minimum absolute atomic E-state index is 0.00774. The number of benzene rings is 1.